The molecule has 2 aliphatic carbocycles. The van der Waals surface area contributed by atoms with Crippen LogP contribution in [0.4, 0.5) is 5.69 Å². The molecule has 296 valence electrons. The molecule has 0 aliphatic heterocycles. The minimum absolute atomic E-state index is 0.376. The second-order valence-electron chi connectivity index (χ2n) is 16.6. The Morgan fingerprint density at radius 2 is 0.797 bits per heavy atom. The van der Waals surface area contributed by atoms with Gasteiger partial charge in [-0.15, -0.1) is 11.3 Å². The zero-order valence-corrected chi connectivity index (χ0v) is 35.1. The summed E-state index contributed by atoms with van der Waals surface area (Å²) in [5.74, 6) is 1.82. The van der Waals surface area contributed by atoms with Crippen molar-refractivity contribution in [2.45, 2.75) is 5.41 Å². The van der Waals surface area contributed by atoms with E-state index < -0.39 is 0 Å². The molecule has 9 aromatic carbocycles. The summed E-state index contributed by atoms with van der Waals surface area (Å²) in [4.78, 5) is 18.9. The van der Waals surface area contributed by atoms with Crippen LogP contribution in [0.15, 0.2) is 206 Å². The third-order valence-corrected chi connectivity index (χ3v) is 14.3. The van der Waals surface area contributed by atoms with Gasteiger partial charge in [-0.1, -0.05) is 170 Å². The number of hydrogen-bond donors (Lipinski definition) is 0. The Hall–Kier alpha value is -8.30. The van der Waals surface area contributed by atoms with Gasteiger partial charge in [-0.25, -0.2) is 19.8 Å². The largest absolute Gasteiger partial charge is 0.238 e. The summed E-state index contributed by atoms with van der Waals surface area (Å²) in [6.45, 7) is 7.59. The predicted molar refractivity (Wildman–Crippen MR) is 262 cm³/mol. The fraction of sp³-hybridized carbons (Fsp3) is 0.0169. The van der Waals surface area contributed by atoms with Crippen LogP contribution in [-0.2, 0) is 5.41 Å². The van der Waals surface area contributed by atoms with Crippen molar-refractivity contribution < 1.29 is 0 Å². The molecule has 2 aliphatic rings. The predicted octanol–water partition coefficient (Wildman–Crippen LogP) is 15.5. The molecule has 11 aromatic rings. The Balaban J connectivity index is 0.881. The van der Waals surface area contributed by atoms with Crippen molar-refractivity contribution >= 4 is 37.2 Å². The first-order valence-corrected chi connectivity index (χ1v) is 22.3. The normalized spacial score (nSPS) is 12.8. The van der Waals surface area contributed by atoms with E-state index in [2.05, 4.69) is 163 Å². The highest BCUT2D eigenvalue weighted by Crippen LogP contribution is 2.63. The van der Waals surface area contributed by atoms with Gasteiger partial charge >= 0.3 is 0 Å². The number of aromatic nitrogens is 3. The zero-order chi connectivity index (χ0) is 42.4. The van der Waals surface area contributed by atoms with Crippen LogP contribution in [0.2, 0.25) is 0 Å². The maximum atomic E-state index is 7.59. The molecule has 4 nitrogen and oxygen atoms in total. The van der Waals surface area contributed by atoms with Gasteiger partial charge in [0, 0.05) is 26.1 Å². The Bertz CT molecular complexity index is 3680. The highest BCUT2D eigenvalue weighted by Gasteiger charge is 2.51. The summed E-state index contributed by atoms with van der Waals surface area (Å²) in [6, 6.07) is 73.7. The summed E-state index contributed by atoms with van der Waals surface area (Å²) >= 11 is 1.73. The van der Waals surface area contributed by atoms with Crippen molar-refractivity contribution in [2.24, 2.45) is 0 Å². The highest BCUT2D eigenvalue weighted by molar-refractivity contribution is 7.25. The van der Waals surface area contributed by atoms with Crippen molar-refractivity contribution in [1.29, 1.82) is 0 Å². The molecule has 0 amide bonds. The number of thiophene rings is 1. The molecule has 0 fully saturated rings. The second-order valence-corrected chi connectivity index (χ2v) is 17.7. The summed E-state index contributed by atoms with van der Waals surface area (Å²) < 4.78 is 2.31. The van der Waals surface area contributed by atoms with Crippen molar-refractivity contribution in [2.75, 3.05) is 0 Å². The number of benzene rings is 9. The Morgan fingerprint density at radius 1 is 0.344 bits per heavy atom. The lowest BCUT2D eigenvalue weighted by Crippen LogP contribution is -2.25. The molecule has 0 unspecified atom stereocenters. The zero-order valence-electron chi connectivity index (χ0n) is 34.3. The maximum Gasteiger partial charge on any atom is 0.187 e. The van der Waals surface area contributed by atoms with E-state index in [0.29, 0.717) is 23.2 Å². The van der Waals surface area contributed by atoms with E-state index in [4.69, 9.17) is 21.5 Å². The number of nitrogens with zero attached hydrogens (tertiary/aromatic N) is 4. The summed E-state index contributed by atoms with van der Waals surface area (Å²) in [6.07, 6.45) is 0. The lowest BCUT2D eigenvalue weighted by atomic mass is 9.70. The second kappa shape index (κ2) is 14.1. The Labute approximate surface area is 374 Å². The number of rotatable bonds is 5. The fourth-order valence-electron chi connectivity index (χ4n) is 10.3. The molecule has 0 radical (unpaired) electrons. The van der Waals surface area contributed by atoms with Gasteiger partial charge in [0.05, 0.1) is 12.0 Å². The molecule has 13 rings (SSSR count). The topological polar surface area (TPSA) is 43.0 Å². The average molecular weight is 831 g/mol. The van der Waals surface area contributed by atoms with E-state index in [1.54, 1.807) is 11.3 Å². The van der Waals surface area contributed by atoms with Crippen LogP contribution in [0.5, 0.6) is 0 Å². The monoisotopic (exact) mass is 830 g/mol. The molecule has 0 saturated heterocycles. The SMILES string of the molecule is [C-]#[N+]c1ccc2sc3ccc(-c4nc(-c5ccccc5)nc(-c5cccc(-c6ccc(-c7ccc8c(c7)C7(c9ccccc9-c9ccccc97)c7ccccc7-8)cc6)c5)n4)cc3c2c1. The van der Waals surface area contributed by atoms with Gasteiger partial charge in [0.2, 0.25) is 0 Å². The van der Waals surface area contributed by atoms with Crippen LogP contribution >= 0.6 is 11.3 Å². The van der Waals surface area contributed by atoms with Crippen LogP contribution in [0.25, 0.3) is 104 Å². The van der Waals surface area contributed by atoms with Crippen molar-refractivity contribution in [3.63, 3.8) is 0 Å². The van der Waals surface area contributed by atoms with E-state index in [0.717, 1.165) is 48.0 Å². The van der Waals surface area contributed by atoms with Crippen LogP contribution < -0.4 is 0 Å². The van der Waals surface area contributed by atoms with Crippen molar-refractivity contribution in [3.8, 4) is 78.7 Å². The highest BCUT2D eigenvalue weighted by atomic mass is 32.1. The van der Waals surface area contributed by atoms with E-state index in [-0.39, 0.29) is 5.41 Å². The summed E-state index contributed by atoms with van der Waals surface area (Å²) in [7, 11) is 0. The van der Waals surface area contributed by atoms with Gasteiger partial charge in [-0.3, -0.25) is 0 Å². The third-order valence-electron chi connectivity index (χ3n) is 13.2. The molecule has 0 bridgehead atoms. The molecule has 2 heterocycles. The van der Waals surface area contributed by atoms with Gasteiger partial charge in [0.15, 0.2) is 23.2 Å². The Kier molecular flexibility index (Phi) is 8.02. The van der Waals surface area contributed by atoms with Gasteiger partial charge < -0.3 is 0 Å². The molecule has 0 saturated carbocycles. The Morgan fingerprint density at radius 3 is 1.42 bits per heavy atom. The average Bonchev–Trinajstić information content (AvgIpc) is 4.00. The van der Waals surface area contributed by atoms with Gasteiger partial charge in [0.1, 0.15) is 0 Å². The molecule has 0 N–H and O–H groups in total. The van der Waals surface area contributed by atoms with Crippen LogP contribution in [0, 0.1) is 6.57 Å². The van der Waals surface area contributed by atoms with E-state index >= 15 is 0 Å². The minimum Gasteiger partial charge on any atom is -0.238 e. The first-order valence-electron chi connectivity index (χ1n) is 21.4. The van der Waals surface area contributed by atoms with E-state index in [9.17, 15) is 0 Å². The third kappa shape index (κ3) is 5.43. The lowest BCUT2D eigenvalue weighted by Gasteiger charge is -2.30. The fourth-order valence-corrected chi connectivity index (χ4v) is 11.4. The smallest absolute Gasteiger partial charge is 0.187 e. The van der Waals surface area contributed by atoms with E-state index in [1.165, 1.54) is 55.6 Å². The first-order chi connectivity index (χ1) is 31.6. The summed E-state index contributed by atoms with van der Waals surface area (Å²) in [5.41, 5.74) is 18.2. The molecule has 0 atom stereocenters. The summed E-state index contributed by atoms with van der Waals surface area (Å²) in [5, 5.41) is 2.16. The number of fused-ring (bicyclic) bond motifs is 13. The first kappa shape index (κ1) is 36.4. The minimum atomic E-state index is -0.376. The molecule has 64 heavy (non-hydrogen) atoms. The molecular weight excluding hydrogens is 797 g/mol. The maximum absolute atomic E-state index is 7.59. The van der Waals surface area contributed by atoms with Gasteiger partial charge in [-0.05, 0) is 114 Å². The van der Waals surface area contributed by atoms with Crippen LogP contribution in [0.1, 0.15) is 22.3 Å². The molecule has 5 heteroatoms. The standard InChI is InChI=1S/C59H34N4S/c1-60-43-28-31-55-49(35-43)48-33-42(27-30-54(48)64-55)58-62-56(38-12-3-2-4-13-38)61-57(63-58)41-15-11-14-39(32-41)36-22-24-37(25-23-36)40-26-29-47-46-18-7-10-21-52(46)59(53(47)34-40)50-19-8-5-16-44(50)45-17-6-9-20-51(45)59/h2-35H. The van der Waals surface area contributed by atoms with Gasteiger partial charge in [0.25, 0.3) is 0 Å². The molecular formula is C59H34N4S. The van der Waals surface area contributed by atoms with Gasteiger partial charge in [-0.2, -0.15) is 0 Å². The van der Waals surface area contributed by atoms with Crippen molar-refractivity contribution in [1.82, 2.24) is 15.0 Å². The van der Waals surface area contributed by atoms with Crippen molar-refractivity contribution in [3.05, 3.63) is 240 Å². The lowest BCUT2D eigenvalue weighted by molar-refractivity contribution is 0.794. The molecule has 1 spiro atoms. The molecule has 2 aromatic heterocycles. The van der Waals surface area contributed by atoms with Crippen LogP contribution in [-0.4, -0.2) is 15.0 Å². The quantitative estimate of drug-likeness (QED) is 0.162. The van der Waals surface area contributed by atoms with E-state index in [1.807, 2.05) is 48.5 Å². The number of hydrogen-bond acceptors (Lipinski definition) is 4. The van der Waals surface area contributed by atoms with Crippen LogP contribution in [0.3, 0.4) is 0 Å².